The van der Waals surface area contributed by atoms with Crippen molar-refractivity contribution in [1.82, 2.24) is 9.80 Å². The molecule has 0 radical (unpaired) electrons. The van der Waals surface area contributed by atoms with Gasteiger partial charge >= 0.3 is 0 Å². The fourth-order valence-corrected chi connectivity index (χ4v) is 3.05. The van der Waals surface area contributed by atoms with Crippen LogP contribution < -0.4 is 4.74 Å². The molecule has 0 atom stereocenters. The van der Waals surface area contributed by atoms with Crippen molar-refractivity contribution in [2.75, 3.05) is 26.7 Å². The zero-order chi connectivity index (χ0) is 17.6. The van der Waals surface area contributed by atoms with Crippen molar-refractivity contribution in [2.24, 2.45) is 0 Å². The van der Waals surface area contributed by atoms with Crippen molar-refractivity contribution in [3.05, 3.63) is 65.5 Å². The monoisotopic (exact) mass is 342 g/mol. The zero-order valence-corrected chi connectivity index (χ0v) is 14.5. The van der Waals surface area contributed by atoms with Crippen LogP contribution in [0.25, 0.3) is 0 Å². The minimum Gasteiger partial charge on any atom is -0.497 e. The second-order valence-corrected chi connectivity index (χ2v) is 6.28. The number of carbonyl (C=O) groups excluding carboxylic acids is 1. The standard InChI is InChI=1S/C20H23FN2O2/c1-25-18-8-6-16(7-9-18)14-23-13-12-22(11-10-20(23)24)15-17-4-2-3-5-19(17)21/h2-9H,10-15H2,1H3. The first-order valence-electron chi connectivity index (χ1n) is 8.52. The fraction of sp³-hybridized carbons (Fsp3) is 0.350. The molecule has 132 valence electrons. The second-order valence-electron chi connectivity index (χ2n) is 6.28. The molecule has 3 rings (SSSR count). The van der Waals surface area contributed by atoms with Crippen LogP contribution >= 0.6 is 0 Å². The van der Waals surface area contributed by atoms with Gasteiger partial charge in [-0.1, -0.05) is 30.3 Å². The molecule has 0 N–H and O–H groups in total. The Morgan fingerprint density at radius 1 is 1.00 bits per heavy atom. The third-order valence-corrected chi connectivity index (χ3v) is 4.57. The first-order chi connectivity index (χ1) is 12.2. The maximum atomic E-state index is 13.8. The Morgan fingerprint density at radius 2 is 1.76 bits per heavy atom. The molecule has 1 saturated heterocycles. The third-order valence-electron chi connectivity index (χ3n) is 4.57. The maximum absolute atomic E-state index is 13.8. The Balaban J connectivity index is 1.60. The molecule has 5 heteroatoms. The molecule has 4 nitrogen and oxygen atoms in total. The van der Waals surface area contributed by atoms with Crippen LogP contribution in [0.3, 0.4) is 0 Å². The van der Waals surface area contributed by atoms with E-state index in [1.165, 1.54) is 6.07 Å². The number of carbonyl (C=O) groups is 1. The van der Waals surface area contributed by atoms with Crippen molar-refractivity contribution in [1.29, 1.82) is 0 Å². The molecule has 1 fully saturated rings. The van der Waals surface area contributed by atoms with E-state index in [1.807, 2.05) is 35.2 Å². The Hall–Kier alpha value is -2.40. The highest BCUT2D eigenvalue weighted by atomic mass is 19.1. The third kappa shape index (κ3) is 4.57. The summed E-state index contributed by atoms with van der Waals surface area (Å²) in [6, 6.07) is 14.6. The van der Waals surface area contributed by atoms with Gasteiger partial charge in [-0.25, -0.2) is 4.39 Å². The SMILES string of the molecule is COc1ccc(CN2CCN(Cc3ccccc3F)CCC2=O)cc1. The molecule has 0 aromatic heterocycles. The average Bonchev–Trinajstić information content (AvgIpc) is 2.80. The number of hydrogen-bond donors (Lipinski definition) is 0. The quantitative estimate of drug-likeness (QED) is 0.837. The lowest BCUT2D eigenvalue weighted by Crippen LogP contribution is -2.32. The van der Waals surface area contributed by atoms with Gasteiger partial charge in [0, 0.05) is 44.7 Å². The van der Waals surface area contributed by atoms with Crippen LogP contribution in [-0.4, -0.2) is 42.5 Å². The van der Waals surface area contributed by atoms with Crippen LogP contribution in [0.2, 0.25) is 0 Å². The molecule has 1 amide bonds. The van der Waals surface area contributed by atoms with Gasteiger partial charge in [0.1, 0.15) is 11.6 Å². The van der Waals surface area contributed by atoms with Gasteiger partial charge in [0.05, 0.1) is 7.11 Å². The number of hydrogen-bond acceptors (Lipinski definition) is 3. The fourth-order valence-electron chi connectivity index (χ4n) is 3.05. The number of amides is 1. The molecular weight excluding hydrogens is 319 g/mol. The molecule has 2 aromatic rings. The van der Waals surface area contributed by atoms with Crippen molar-refractivity contribution < 1.29 is 13.9 Å². The van der Waals surface area contributed by atoms with Crippen LogP contribution in [0.1, 0.15) is 17.5 Å². The summed E-state index contributed by atoms with van der Waals surface area (Å²) in [6.45, 7) is 3.19. The van der Waals surface area contributed by atoms with E-state index >= 15 is 0 Å². The Bertz CT molecular complexity index is 718. The summed E-state index contributed by atoms with van der Waals surface area (Å²) >= 11 is 0. The molecular formula is C20H23FN2O2. The van der Waals surface area contributed by atoms with Crippen LogP contribution in [0.15, 0.2) is 48.5 Å². The summed E-state index contributed by atoms with van der Waals surface area (Å²) in [4.78, 5) is 16.4. The lowest BCUT2D eigenvalue weighted by atomic mass is 10.2. The number of halogens is 1. The molecule has 1 heterocycles. The highest BCUT2D eigenvalue weighted by molar-refractivity contribution is 5.76. The summed E-state index contributed by atoms with van der Waals surface area (Å²) in [5.74, 6) is 0.766. The van der Waals surface area contributed by atoms with Gasteiger partial charge < -0.3 is 9.64 Å². The van der Waals surface area contributed by atoms with E-state index < -0.39 is 0 Å². The van der Waals surface area contributed by atoms with Crippen molar-refractivity contribution >= 4 is 5.91 Å². The number of nitrogens with zero attached hydrogens (tertiary/aromatic N) is 2. The van der Waals surface area contributed by atoms with Crippen LogP contribution in [0, 0.1) is 5.82 Å². The summed E-state index contributed by atoms with van der Waals surface area (Å²) in [7, 11) is 1.64. The highest BCUT2D eigenvalue weighted by Gasteiger charge is 2.21. The first-order valence-corrected chi connectivity index (χ1v) is 8.52. The van der Waals surface area contributed by atoms with E-state index in [-0.39, 0.29) is 11.7 Å². The van der Waals surface area contributed by atoms with E-state index in [2.05, 4.69) is 4.90 Å². The molecule has 0 bridgehead atoms. The van der Waals surface area contributed by atoms with Gasteiger partial charge in [-0.05, 0) is 23.8 Å². The summed E-state index contributed by atoms with van der Waals surface area (Å²) in [5, 5.41) is 0. The Morgan fingerprint density at radius 3 is 2.48 bits per heavy atom. The minimum atomic E-state index is -0.187. The van der Waals surface area contributed by atoms with Crippen molar-refractivity contribution in [3.8, 4) is 5.75 Å². The second kappa shape index (κ2) is 8.12. The normalized spacial score (nSPS) is 15.9. The summed E-state index contributed by atoms with van der Waals surface area (Å²) < 4.78 is 19.0. The number of benzene rings is 2. The number of ether oxygens (including phenoxy) is 1. The smallest absolute Gasteiger partial charge is 0.224 e. The lowest BCUT2D eigenvalue weighted by molar-refractivity contribution is -0.130. The molecule has 1 aliphatic heterocycles. The predicted octanol–water partition coefficient (Wildman–Crippen LogP) is 3.07. The molecule has 1 aliphatic rings. The van der Waals surface area contributed by atoms with E-state index in [0.29, 0.717) is 38.2 Å². The number of rotatable bonds is 5. The van der Waals surface area contributed by atoms with Crippen molar-refractivity contribution in [2.45, 2.75) is 19.5 Å². The predicted molar refractivity (Wildman–Crippen MR) is 94.7 cm³/mol. The van der Waals surface area contributed by atoms with Crippen molar-refractivity contribution in [3.63, 3.8) is 0 Å². The molecule has 0 saturated carbocycles. The van der Waals surface area contributed by atoms with Crippen LogP contribution in [0.5, 0.6) is 5.75 Å². The first kappa shape index (κ1) is 17.4. The number of methoxy groups -OCH3 is 1. The molecule has 0 aliphatic carbocycles. The molecule has 2 aromatic carbocycles. The average molecular weight is 342 g/mol. The molecule has 0 unspecified atom stereocenters. The van der Waals surface area contributed by atoms with Gasteiger partial charge in [0.15, 0.2) is 0 Å². The van der Waals surface area contributed by atoms with Gasteiger partial charge in [-0.2, -0.15) is 0 Å². The van der Waals surface area contributed by atoms with Gasteiger partial charge in [0.25, 0.3) is 0 Å². The largest absolute Gasteiger partial charge is 0.497 e. The zero-order valence-electron chi connectivity index (χ0n) is 14.5. The Labute approximate surface area is 147 Å². The minimum absolute atomic E-state index is 0.145. The lowest BCUT2D eigenvalue weighted by Gasteiger charge is -2.22. The molecule has 0 spiro atoms. The summed E-state index contributed by atoms with van der Waals surface area (Å²) in [5.41, 5.74) is 1.76. The van der Waals surface area contributed by atoms with Gasteiger partial charge in [-0.15, -0.1) is 0 Å². The maximum Gasteiger partial charge on any atom is 0.224 e. The van der Waals surface area contributed by atoms with Crippen LogP contribution in [0.4, 0.5) is 4.39 Å². The highest BCUT2D eigenvalue weighted by Crippen LogP contribution is 2.16. The van der Waals surface area contributed by atoms with Gasteiger partial charge in [-0.3, -0.25) is 9.69 Å². The van der Waals surface area contributed by atoms with Crippen LogP contribution in [-0.2, 0) is 17.9 Å². The van der Waals surface area contributed by atoms with E-state index in [9.17, 15) is 9.18 Å². The Kier molecular flexibility index (Phi) is 5.66. The van der Waals surface area contributed by atoms with Gasteiger partial charge in [0.2, 0.25) is 5.91 Å². The summed E-state index contributed by atoms with van der Waals surface area (Å²) in [6.07, 6.45) is 0.463. The van der Waals surface area contributed by atoms with E-state index in [0.717, 1.165) is 17.9 Å². The topological polar surface area (TPSA) is 32.8 Å². The molecule has 25 heavy (non-hydrogen) atoms. The van der Waals surface area contributed by atoms with E-state index in [4.69, 9.17) is 4.74 Å². The van der Waals surface area contributed by atoms with E-state index in [1.54, 1.807) is 19.2 Å².